The highest BCUT2D eigenvalue weighted by atomic mass is 32.2. The lowest BCUT2D eigenvalue weighted by molar-refractivity contribution is -0.108. The molecule has 0 rings (SSSR count). The fourth-order valence-corrected chi connectivity index (χ4v) is 6.09. The van der Waals surface area contributed by atoms with Crippen molar-refractivity contribution < 1.29 is 14.4 Å². The molecular formula is C38H70N2O3S. The lowest BCUT2D eigenvalue weighted by Crippen LogP contribution is -2.30. The maximum absolute atomic E-state index is 13.0. The van der Waals surface area contributed by atoms with Gasteiger partial charge in [-0.15, -0.1) is 0 Å². The van der Waals surface area contributed by atoms with Crippen molar-refractivity contribution in [3.05, 3.63) is 24.3 Å². The Morgan fingerprint density at radius 3 is 1.18 bits per heavy atom. The second-order valence-corrected chi connectivity index (χ2v) is 13.7. The molecule has 0 saturated heterocycles. The SMILES string of the molecule is CN(C)CCCSC(=O)N(CCCCCCCC/C=C\CCCCCC=O)CCCCCCCC/C=C\CCCCCC=O. The number of aldehydes is 2. The van der Waals surface area contributed by atoms with E-state index >= 15 is 0 Å². The van der Waals surface area contributed by atoms with Crippen LogP contribution in [0.2, 0.25) is 0 Å². The molecule has 0 aliphatic rings. The summed E-state index contributed by atoms with van der Waals surface area (Å²) in [5.41, 5.74) is 0. The lowest BCUT2D eigenvalue weighted by atomic mass is 10.1. The summed E-state index contributed by atoms with van der Waals surface area (Å²) < 4.78 is 0. The van der Waals surface area contributed by atoms with Crippen LogP contribution < -0.4 is 0 Å². The van der Waals surface area contributed by atoms with E-state index in [1.807, 2.05) is 0 Å². The summed E-state index contributed by atoms with van der Waals surface area (Å²) in [7, 11) is 4.19. The number of carbonyl (C=O) groups is 3. The van der Waals surface area contributed by atoms with E-state index in [9.17, 15) is 14.4 Å². The minimum Gasteiger partial charge on any atom is -0.334 e. The van der Waals surface area contributed by atoms with E-state index in [1.165, 1.54) is 102 Å². The smallest absolute Gasteiger partial charge is 0.281 e. The van der Waals surface area contributed by atoms with Gasteiger partial charge in [-0.25, -0.2) is 0 Å². The standard InChI is InChI=1S/C38H70N2O3S/c1-39(2)32-31-37-44-38(43)40(33-27-23-19-15-11-7-3-5-9-13-17-21-25-29-35-41)34-28-24-20-16-12-8-4-6-10-14-18-22-26-30-36-42/h5-6,9-10,35-36H,3-4,7-8,11-34,37H2,1-2H3/b9-5-,10-6-. The van der Waals surface area contributed by atoms with E-state index < -0.39 is 0 Å². The number of thioether (sulfide) groups is 1. The summed E-state index contributed by atoms with van der Waals surface area (Å²) in [6.45, 7) is 2.87. The van der Waals surface area contributed by atoms with E-state index in [4.69, 9.17) is 0 Å². The quantitative estimate of drug-likeness (QED) is 0.0400. The van der Waals surface area contributed by atoms with Crippen molar-refractivity contribution in [1.82, 2.24) is 9.80 Å². The van der Waals surface area contributed by atoms with Crippen LogP contribution in [0.5, 0.6) is 0 Å². The second kappa shape index (κ2) is 36.1. The molecule has 1 amide bonds. The Balaban J connectivity index is 3.99. The minimum atomic E-state index is 0.287. The van der Waals surface area contributed by atoms with Crippen molar-refractivity contribution in [1.29, 1.82) is 0 Å². The van der Waals surface area contributed by atoms with Crippen LogP contribution in [0, 0.1) is 0 Å². The molecule has 44 heavy (non-hydrogen) atoms. The maximum Gasteiger partial charge on any atom is 0.281 e. The monoisotopic (exact) mass is 635 g/mol. The zero-order valence-electron chi connectivity index (χ0n) is 29.0. The minimum absolute atomic E-state index is 0.287. The molecule has 0 heterocycles. The van der Waals surface area contributed by atoms with Crippen molar-refractivity contribution in [2.75, 3.05) is 39.5 Å². The Labute approximate surface area is 277 Å². The fraction of sp³-hybridized carbons (Fsp3) is 0.816. The van der Waals surface area contributed by atoms with E-state index in [0.29, 0.717) is 12.8 Å². The third kappa shape index (κ3) is 33.5. The maximum atomic E-state index is 13.0. The predicted molar refractivity (Wildman–Crippen MR) is 194 cm³/mol. The Kier molecular flexibility index (Phi) is 34.9. The largest absolute Gasteiger partial charge is 0.334 e. The number of nitrogens with zero attached hydrogens (tertiary/aromatic N) is 2. The van der Waals surface area contributed by atoms with Gasteiger partial charge in [0.1, 0.15) is 12.6 Å². The van der Waals surface area contributed by atoms with Crippen LogP contribution in [0.25, 0.3) is 0 Å². The molecular weight excluding hydrogens is 564 g/mol. The van der Waals surface area contributed by atoms with E-state index in [-0.39, 0.29) is 5.24 Å². The highest BCUT2D eigenvalue weighted by Crippen LogP contribution is 2.16. The van der Waals surface area contributed by atoms with Gasteiger partial charge in [0.05, 0.1) is 0 Å². The summed E-state index contributed by atoms with van der Waals surface area (Å²) in [6.07, 6.45) is 40.2. The summed E-state index contributed by atoms with van der Waals surface area (Å²) in [6, 6.07) is 0. The molecule has 0 aromatic heterocycles. The van der Waals surface area contributed by atoms with Gasteiger partial charge < -0.3 is 19.4 Å². The van der Waals surface area contributed by atoms with Crippen molar-refractivity contribution in [3.63, 3.8) is 0 Å². The molecule has 0 aliphatic carbocycles. The first kappa shape index (κ1) is 42.6. The summed E-state index contributed by atoms with van der Waals surface area (Å²) in [5.74, 6) is 0.913. The number of hydrogen-bond donors (Lipinski definition) is 0. The molecule has 0 unspecified atom stereocenters. The summed E-state index contributed by atoms with van der Waals surface area (Å²) in [5, 5.41) is 0.287. The fourth-order valence-electron chi connectivity index (χ4n) is 5.27. The molecule has 0 saturated carbocycles. The van der Waals surface area contributed by atoms with Gasteiger partial charge in [-0.1, -0.05) is 100 Å². The van der Waals surface area contributed by atoms with Crippen LogP contribution in [0.4, 0.5) is 4.79 Å². The van der Waals surface area contributed by atoms with Crippen LogP contribution in [0.1, 0.15) is 161 Å². The van der Waals surface area contributed by atoms with Gasteiger partial charge >= 0.3 is 0 Å². The Morgan fingerprint density at radius 2 is 0.795 bits per heavy atom. The van der Waals surface area contributed by atoms with E-state index in [0.717, 1.165) is 95.7 Å². The first-order chi connectivity index (χ1) is 21.6. The number of carbonyl (C=O) groups excluding carboxylic acids is 3. The predicted octanol–water partition coefficient (Wildman–Crippen LogP) is 11.0. The van der Waals surface area contributed by atoms with Crippen LogP contribution in [0.3, 0.4) is 0 Å². The van der Waals surface area contributed by atoms with Crippen molar-refractivity contribution in [2.24, 2.45) is 0 Å². The zero-order chi connectivity index (χ0) is 32.2. The highest BCUT2D eigenvalue weighted by molar-refractivity contribution is 8.13. The molecule has 5 nitrogen and oxygen atoms in total. The molecule has 0 N–H and O–H groups in total. The van der Waals surface area contributed by atoms with Gasteiger partial charge in [0.25, 0.3) is 5.24 Å². The molecule has 0 aromatic rings. The molecule has 0 spiro atoms. The van der Waals surface area contributed by atoms with Crippen LogP contribution in [-0.4, -0.2) is 67.1 Å². The van der Waals surface area contributed by atoms with Gasteiger partial charge in [-0.2, -0.15) is 0 Å². The Morgan fingerprint density at radius 1 is 0.455 bits per heavy atom. The average Bonchev–Trinajstić information content (AvgIpc) is 3.01. The lowest BCUT2D eigenvalue weighted by Gasteiger charge is -2.22. The van der Waals surface area contributed by atoms with Crippen LogP contribution in [-0.2, 0) is 9.59 Å². The number of hydrogen-bond acceptors (Lipinski definition) is 5. The summed E-state index contributed by atoms with van der Waals surface area (Å²) >= 11 is 1.52. The van der Waals surface area contributed by atoms with Gasteiger partial charge in [0.2, 0.25) is 0 Å². The molecule has 0 atom stereocenters. The van der Waals surface area contributed by atoms with Gasteiger partial charge in [0, 0.05) is 31.7 Å². The van der Waals surface area contributed by atoms with Gasteiger partial charge in [0.15, 0.2) is 0 Å². The van der Waals surface area contributed by atoms with Crippen LogP contribution >= 0.6 is 11.8 Å². The van der Waals surface area contributed by atoms with Crippen molar-refractivity contribution >= 4 is 29.6 Å². The number of unbranched alkanes of at least 4 members (excludes halogenated alkanes) is 20. The van der Waals surface area contributed by atoms with E-state index in [2.05, 4.69) is 48.2 Å². The molecule has 6 heteroatoms. The molecule has 0 bridgehead atoms. The van der Waals surface area contributed by atoms with Gasteiger partial charge in [-0.05, 0) is 104 Å². The van der Waals surface area contributed by atoms with Gasteiger partial charge in [-0.3, -0.25) is 4.79 Å². The van der Waals surface area contributed by atoms with E-state index in [1.54, 1.807) is 0 Å². The Bertz CT molecular complexity index is 652. The van der Waals surface area contributed by atoms with Crippen molar-refractivity contribution in [3.8, 4) is 0 Å². The van der Waals surface area contributed by atoms with Crippen LogP contribution in [0.15, 0.2) is 24.3 Å². The molecule has 0 aliphatic heterocycles. The second-order valence-electron chi connectivity index (χ2n) is 12.6. The number of rotatable bonds is 34. The molecule has 0 radical (unpaired) electrons. The average molecular weight is 635 g/mol. The highest BCUT2D eigenvalue weighted by Gasteiger charge is 2.13. The Hall–Kier alpha value is -1.40. The normalized spacial score (nSPS) is 11.7. The van der Waals surface area contributed by atoms with Crippen molar-refractivity contribution in [2.45, 2.75) is 161 Å². The zero-order valence-corrected chi connectivity index (χ0v) is 29.8. The topological polar surface area (TPSA) is 57.7 Å². The first-order valence-corrected chi connectivity index (χ1v) is 19.3. The molecule has 0 aromatic carbocycles. The third-order valence-corrected chi connectivity index (χ3v) is 9.05. The first-order valence-electron chi connectivity index (χ1n) is 18.4. The number of allylic oxidation sites excluding steroid dienone is 4. The molecule has 256 valence electrons. The third-order valence-electron chi connectivity index (χ3n) is 8.05. The molecule has 0 fully saturated rings. The number of amides is 1. The summed E-state index contributed by atoms with van der Waals surface area (Å²) in [4.78, 5) is 38.0.